The van der Waals surface area contributed by atoms with Crippen LogP contribution in [0.2, 0.25) is 0 Å². The Morgan fingerprint density at radius 1 is 1.21 bits per heavy atom. The van der Waals surface area contributed by atoms with Crippen LogP contribution < -0.4 is 5.32 Å². The molecule has 1 aromatic heterocycles. The minimum absolute atomic E-state index is 0.114. The van der Waals surface area contributed by atoms with Crippen LogP contribution >= 0.6 is 0 Å². The fraction of sp³-hybridized carbons (Fsp3) is 0.312. The number of aromatic nitrogens is 1. The Balaban J connectivity index is 2.03. The van der Waals surface area contributed by atoms with Gasteiger partial charge in [-0.1, -0.05) is 12.1 Å². The van der Waals surface area contributed by atoms with Crippen LogP contribution in [-0.2, 0) is 6.54 Å². The van der Waals surface area contributed by atoms with Crippen molar-refractivity contribution in [2.24, 2.45) is 0 Å². The smallest absolute Gasteiger partial charge is 0.126 e. The molecule has 0 aliphatic rings. The predicted molar refractivity (Wildman–Crippen MR) is 75.4 cm³/mol. The van der Waals surface area contributed by atoms with E-state index in [1.54, 1.807) is 19.2 Å². The number of hydrogen-bond donors (Lipinski definition) is 1. The van der Waals surface area contributed by atoms with Crippen molar-refractivity contribution in [3.05, 3.63) is 64.7 Å². The van der Waals surface area contributed by atoms with Gasteiger partial charge in [0.25, 0.3) is 0 Å². The van der Waals surface area contributed by atoms with Crippen LogP contribution in [0.15, 0.2) is 36.7 Å². The van der Waals surface area contributed by atoms with Gasteiger partial charge in [-0.3, -0.25) is 4.98 Å². The molecule has 19 heavy (non-hydrogen) atoms. The first-order valence-electron chi connectivity index (χ1n) is 6.47. The Morgan fingerprint density at radius 3 is 2.68 bits per heavy atom. The van der Waals surface area contributed by atoms with Gasteiger partial charge < -0.3 is 5.32 Å². The highest BCUT2D eigenvalue weighted by atomic mass is 19.1. The lowest BCUT2D eigenvalue weighted by Gasteiger charge is -2.15. The van der Waals surface area contributed by atoms with Gasteiger partial charge >= 0.3 is 0 Å². The first kappa shape index (κ1) is 13.7. The van der Waals surface area contributed by atoms with Gasteiger partial charge in [0.2, 0.25) is 0 Å². The van der Waals surface area contributed by atoms with E-state index in [-0.39, 0.29) is 11.9 Å². The molecule has 0 spiro atoms. The highest BCUT2D eigenvalue weighted by molar-refractivity contribution is 5.26. The van der Waals surface area contributed by atoms with E-state index in [1.165, 1.54) is 5.56 Å². The standard InChI is InChI=1S/C16H19FN2/c1-11-4-5-14(8-16(11)17)13(3)19-10-15-6-7-18-9-12(15)2/h4-9,13,19H,10H2,1-3H3. The number of pyridine rings is 1. The van der Waals surface area contributed by atoms with Crippen LogP contribution in [0.4, 0.5) is 4.39 Å². The van der Waals surface area contributed by atoms with Crippen LogP contribution in [0.3, 0.4) is 0 Å². The van der Waals surface area contributed by atoms with E-state index in [4.69, 9.17) is 0 Å². The van der Waals surface area contributed by atoms with Crippen molar-refractivity contribution in [1.29, 1.82) is 0 Å². The summed E-state index contributed by atoms with van der Waals surface area (Å²) < 4.78 is 13.5. The number of nitrogens with one attached hydrogen (secondary N) is 1. The van der Waals surface area contributed by atoms with Crippen LogP contribution in [0, 0.1) is 19.7 Å². The summed E-state index contributed by atoms with van der Waals surface area (Å²) >= 11 is 0. The molecule has 100 valence electrons. The van der Waals surface area contributed by atoms with Gasteiger partial charge in [0, 0.05) is 25.0 Å². The van der Waals surface area contributed by atoms with Crippen LogP contribution in [0.25, 0.3) is 0 Å². The molecule has 3 heteroatoms. The molecule has 1 unspecified atom stereocenters. The topological polar surface area (TPSA) is 24.9 Å². The van der Waals surface area contributed by atoms with Gasteiger partial charge in [-0.2, -0.15) is 0 Å². The predicted octanol–water partition coefficient (Wildman–Crippen LogP) is 3.69. The lowest BCUT2D eigenvalue weighted by atomic mass is 10.1. The van der Waals surface area contributed by atoms with Crippen molar-refractivity contribution in [2.75, 3.05) is 0 Å². The van der Waals surface area contributed by atoms with Gasteiger partial charge in [-0.05, 0) is 55.2 Å². The summed E-state index contributed by atoms with van der Waals surface area (Å²) in [6.45, 7) is 6.61. The fourth-order valence-electron chi connectivity index (χ4n) is 1.96. The monoisotopic (exact) mass is 258 g/mol. The van der Waals surface area contributed by atoms with E-state index in [0.717, 1.165) is 17.7 Å². The molecule has 0 fully saturated rings. The van der Waals surface area contributed by atoms with Crippen LogP contribution in [0.5, 0.6) is 0 Å². The first-order valence-corrected chi connectivity index (χ1v) is 6.47. The first-order chi connectivity index (χ1) is 9.08. The number of rotatable bonds is 4. The zero-order chi connectivity index (χ0) is 13.8. The summed E-state index contributed by atoms with van der Waals surface area (Å²) in [5, 5.41) is 3.41. The minimum atomic E-state index is -0.147. The lowest BCUT2D eigenvalue weighted by molar-refractivity contribution is 0.562. The van der Waals surface area contributed by atoms with Crippen LogP contribution in [-0.4, -0.2) is 4.98 Å². The van der Waals surface area contributed by atoms with Crippen molar-refractivity contribution >= 4 is 0 Å². The molecular formula is C16H19FN2. The molecule has 0 bridgehead atoms. The highest BCUT2D eigenvalue weighted by Crippen LogP contribution is 2.17. The Bertz CT molecular complexity index is 566. The molecule has 0 radical (unpaired) electrons. The summed E-state index contributed by atoms with van der Waals surface area (Å²) in [5.74, 6) is -0.147. The summed E-state index contributed by atoms with van der Waals surface area (Å²) in [6.07, 6.45) is 3.65. The fourth-order valence-corrected chi connectivity index (χ4v) is 1.96. The molecule has 1 aromatic carbocycles. The van der Waals surface area contributed by atoms with Gasteiger partial charge in [-0.25, -0.2) is 4.39 Å². The molecule has 0 aliphatic heterocycles. The molecule has 1 N–H and O–H groups in total. The molecule has 1 atom stereocenters. The maximum Gasteiger partial charge on any atom is 0.126 e. The third kappa shape index (κ3) is 3.38. The van der Waals surface area contributed by atoms with E-state index in [0.29, 0.717) is 5.56 Å². The average Bonchev–Trinajstić information content (AvgIpc) is 2.40. The van der Waals surface area contributed by atoms with E-state index in [1.807, 2.05) is 38.2 Å². The molecule has 1 heterocycles. The van der Waals surface area contributed by atoms with Crippen molar-refractivity contribution < 1.29 is 4.39 Å². The third-order valence-electron chi connectivity index (χ3n) is 3.43. The Kier molecular flexibility index (Phi) is 4.27. The maximum atomic E-state index is 13.5. The summed E-state index contributed by atoms with van der Waals surface area (Å²) in [6, 6.07) is 7.51. The molecule has 0 amide bonds. The molecule has 2 nitrogen and oxygen atoms in total. The zero-order valence-electron chi connectivity index (χ0n) is 11.6. The molecule has 2 rings (SSSR count). The third-order valence-corrected chi connectivity index (χ3v) is 3.43. The van der Waals surface area contributed by atoms with Crippen molar-refractivity contribution in [2.45, 2.75) is 33.4 Å². The molecule has 0 aliphatic carbocycles. The number of benzene rings is 1. The normalized spacial score (nSPS) is 12.4. The summed E-state index contributed by atoms with van der Waals surface area (Å²) in [5.41, 5.74) is 4.03. The lowest BCUT2D eigenvalue weighted by Crippen LogP contribution is -2.18. The number of aryl methyl sites for hydroxylation is 2. The molecule has 0 saturated carbocycles. The maximum absolute atomic E-state index is 13.5. The summed E-state index contributed by atoms with van der Waals surface area (Å²) in [7, 11) is 0. The number of nitrogens with zero attached hydrogens (tertiary/aromatic N) is 1. The quantitative estimate of drug-likeness (QED) is 0.904. The van der Waals surface area contributed by atoms with Crippen molar-refractivity contribution in [1.82, 2.24) is 10.3 Å². The average molecular weight is 258 g/mol. The van der Waals surface area contributed by atoms with Gasteiger partial charge in [0.15, 0.2) is 0 Å². The van der Waals surface area contributed by atoms with E-state index < -0.39 is 0 Å². The SMILES string of the molecule is Cc1ccc(C(C)NCc2ccncc2C)cc1F. The second-order valence-corrected chi connectivity index (χ2v) is 4.91. The van der Waals surface area contributed by atoms with Crippen LogP contribution in [0.1, 0.15) is 35.2 Å². The van der Waals surface area contributed by atoms with Crippen molar-refractivity contribution in [3.63, 3.8) is 0 Å². The minimum Gasteiger partial charge on any atom is -0.306 e. The van der Waals surface area contributed by atoms with Gasteiger partial charge in [0.05, 0.1) is 0 Å². The van der Waals surface area contributed by atoms with E-state index in [2.05, 4.69) is 10.3 Å². The summed E-state index contributed by atoms with van der Waals surface area (Å²) in [4.78, 5) is 4.07. The van der Waals surface area contributed by atoms with Gasteiger partial charge in [0.1, 0.15) is 5.82 Å². The largest absolute Gasteiger partial charge is 0.306 e. The Morgan fingerprint density at radius 2 is 2.00 bits per heavy atom. The number of halogens is 1. The molecular weight excluding hydrogens is 239 g/mol. The Labute approximate surface area is 113 Å². The van der Waals surface area contributed by atoms with Gasteiger partial charge in [-0.15, -0.1) is 0 Å². The molecule has 0 saturated heterocycles. The van der Waals surface area contributed by atoms with E-state index in [9.17, 15) is 4.39 Å². The van der Waals surface area contributed by atoms with Crippen molar-refractivity contribution in [3.8, 4) is 0 Å². The second-order valence-electron chi connectivity index (χ2n) is 4.91. The number of hydrogen-bond acceptors (Lipinski definition) is 2. The second kappa shape index (κ2) is 5.93. The highest BCUT2D eigenvalue weighted by Gasteiger charge is 2.08. The van der Waals surface area contributed by atoms with E-state index >= 15 is 0 Å². The Hall–Kier alpha value is -1.74. The molecule has 2 aromatic rings. The zero-order valence-corrected chi connectivity index (χ0v) is 11.6.